The number of nitrogens with zero attached hydrogens (tertiary/aromatic N) is 4. The van der Waals surface area contributed by atoms with Gasteiger partial charge in [-0.2, -0.15) is 0 Å². The van der Waals surface area contributed by atoms with E-state index in [1.54, 1.807) is 12.3 Å². The van der Waals surface area contributed by atoms with Crippen molar-refractivity contribution in [3.05, 3.63) is 54.6 Å². The Morgan fingerprint density at radius 1 is 1.19 bits per heavy atom. The molecule has 0 aliphatic carbocycles. The van der Waals surface area contributed by atoms with Gasteiger partial charge in [0.25, 0.3) is 0 Å². The fourth-order valence-electron chi connectivity index (χ4n) is 3.41. The normalized spacial score (nSPS) is 15.7. The zero-order valence-electron chi connectivity index (χ0n) is 18.3. The molecule has 9 nitrogen and oxygen atoms in total. The van der Waals surface area contributed by atoms with E-state index in [-0.39, 0.29) is 35.4 Å². The van der Waals surface area contributed by atoms with Crippen LogP contribution < -0.4 is 15.4 Å². The van der Waals surface area contributed by atoms with Crippen molar-refractivity contribution >= 4 is 40.0 Å². The number of likely N-dealkylation sites (tertiary alicyclic amines) is 1. The Morgan fingerprint density at radius 2 is 2.00 bits per heavy atom. The number of rotatable bonds is 9. The van der Waals surface area contributed by atoms with Gasteiger partial charge in [0.2, 0.25) is 10.0 Å². The second kappa shape index (κ2) is 13.7. The number of nitrogens with one attached hydrogen (secondary N) is 3. The molecular formula is C21H32IN7O2S. The molecule has 1 aliphatic rings. The third-order valence-corrected chi connectivity index (χ3v) is 6.45. The van der Waals surface area contributed by atoms with E-state index in [1.807, 2.05) is 25.3 Å². The van der Waals surface area contributed by atoms with Crippen molar-refractivity contribution in [3.63, 3.8) is 0 Å². The van der Waals surface area contributed by atoms with E-state index in [2.05, 4.69) is 41.3 Å². The van der Waals surface area contributed by atoms with Crippen LogP contribution >= 0.6 is 24.0 Å². The summed E-state index contributed by atoms with van der Waals surface area (Å²) in [6.07, 6.45) is 6.74. The van der Waals surface area contributed by atoms with E-state index in [9.17, 15) is 8.42 Å². The number of aliphatic imine (C=N–C) groups is 1. The molecule has 3 N–H and O–H groups in total. The zero-order chi connectivity index (χ0) is 21.9. The van der Waals surface area contributed by atoms with E-state index < -0.39 is 10.0 Å². The molecule has 0 unspecified atom stereocenters. The number of halogens is 1. The van der Waals surface area contributed by atoms with Crippen LogP contribution in [0.25, 0.3) is 0 Å². The van der Waals surface area contributed by atoms with Gasteiger partial charge in [-0.15, -0.1) is 24.0 Å². The third-order valence-electron chi connectivity index (χ3n) is 5.00. The molecule has 0 bridgehead atoms. The number of pyridine rings is 2. The second-order valence-electron chi connectivity index (χ2n) is 7.36. The van der Waals surface area contributed by atoms with Gasteiger partial charge in [0.1, 0.15) is 4.90 Å². The van der Waals surface area contributed by atoms with Crippen LogP contribution in [0.15, 0.2) is 58.8 Å². The molecule has 176 valence electrons. The number of hydrogen-bond acceptors (Lipinski definition) is 6. The summed E-state index contributed by atoms with van der Waals surface area (Å²) in [6.45, 7) is 6.18. The molecule has 0 spiro atoms. The first-order valence-corrected chi connectivity index (χ1v) is 12.1. The SMILES string of the molecule is CCNC(=NCCNS(=O)(=O)c1cccnc1)NC1CCN(Cc2ccccn2)CC1.I. The fourth-order valence-corrected chi connectivity index (χ4v) is 4.39. The molecule has 3 rings (SSSR count). The van der Waals surface area contributed by atoms with E-state index in [0.717, 1.165) is 44.7 Å². The van der Waals surface area contributed by atoms with Crippen LogP contribution in [0.5, 0.6) is 0 Å². The molecule has 0 amide bonds. The molecule has 1 saturated heterocycles. The summed E-state index contributed by atoms with van der Waals surface area (Å²) in [6, 6.07) is 9.47. The minimum atomic E-state index is -3.56. The van der Waals surface area contributed by atoms with Gasteiger partial charge in [-0.1, -0.05) is 6.07 Å². The maximum Gasteiger partial charge on any atom is 0.242 e. The van der Waals surface area contributed by atoms with Gasteiger partial charge in [-0.05, 0) is 44.0 Å². The largest absolute Gasteiger partial charge is 0.357 e. The first-order valence-electron chi connectivity index (χ1n) is 10.6. The molecule has 0 saturated carbocycles. The maximum atomic E-state index is 12.2. The van der Waals surface area contributed by atoms with Gasteiger partial charge < -0.3 is 10.6 Å². The highest BCUT2D eigenvalue weighted by Gasteiger charge is 2.20. The van der Waals surface area contributed by atoms with Crippen LogP contribution in [0.2, 0.25) is 0 Å². The van der Waals surface area contributed by atoms with Crippen LogP contribution in [-0.4, -0.2) is 68.0 Å². The van der Waals surface area contributed by atoms with E-state index in [1.165, 1.54) is 12.3 Å². The first kappa shape index (κ1) is 26.4. The van der Waals surface area contributed by atoms with E-state index >= 15 is 0 Å². The molecule has 1 aliphatic heterocycles. The number of sulfonamides is 1. The van der Waals surface area contributed by atoms with E-state index in [0.29, 0.717) is 18.5 Å². The molecule has 2 aromatic rings. The van der Waals surface area contributed by atoms with Gasteiger partial charge in [0, 0.05) is 57.4 Å². The third kappa shape index (κ3) is 8.60. The Morgan fingerprint density at radius 3 is 2.66 bits per heavy atom. The van der Waals surface area contributed by atoms with E-state index in [4.69, 9.17) is 0 Å². The zero-order valence-corrected chi connectivity index (χ0v) is 21.4. The summed E-state index contributed by atoms with van der Waals surface area (Å²) in [7, 11) is -3.56. The summed E-state index contributed by atoms with van der Waals surface area (Å²) >= 11 is 0. The average molecular weight is 574 g/mol. The van der Waals surface area contributed by atoms with Crippen molar-refractivity contribution < 1.29 is 8.42 Å². The summed E-state index contributed by atoms with van der Waals surface area (Å²) in [5.41, 5.74) is 1.09. The highest BCUT2D eigenvalue weighted by molar-refractivity contribution is 14.0. The van der Waals surface area contributed by atoms with Crippen LogP contribution in [0, 0.1) is 0 Å². The predicted octanol–water partition coefficient (Wildman–Crippen LogP) is 1.59. The van der Waals surface area contributed by atoms with Gasteiger partial charge in [0.15, 0.2) is 5.96 Å². The van der Waals surface area contributed by atoms with Crippen LogP contribution in [0.4, 0.5) is 0 Å². The molecule has 0 radical (unpaired) electrons. The maximum absolute atomic E-state index is 12.2. The summed E-state index contributed by atoms with van der Waals surface area (Å²) in [4.78, 5) is 15.3. The van der Waals surface area contributed by atoms with Gasteiger partial charge in [0.05, 0.1) is 12.2 Å². The topological polar surface area (TPSA) is 112 Å². The van der Waals surface area contributed by atoms with Crippen LogP contribution in [-0.2, 0) is 16.6 Å². The minimum absolute atomic E-state index is 0. The lowest BCUT2D eigenvalue weighted by Gasteiger charge is -2.32. The average Bonchev–Trinajstić information content (AvgIpc) is 2.79. The van der Waals surface area contributed by atoms with Crippen molar-refractivity contribution in [2.24, 2.45) is 4.99 Å². The van der Waals surface area contributed by atoms with Crippen molar-refractivity contribution in [3.8, 4) is 0 Å². The molecule has 2 aromatic heterocycles. The summed E-state index contributed by atoms with van der Waals surface area (Å²) < 4.78 is 27.0. The highest BCUT2D eigenvalue weighted by Crippen LogP contribution is 2.13. The minimum Gasteiger partial charge on any atom is -0.357 e. The molecule has 32 heavy (non-hydrogen) atoms. The van der Waals surface area contributed by atoms with Gasteiger partial charge in [-0.25, -0.2) is 13.1 Å². The Kier molecular flexibility index (Phi) is 11.3. The number of aromatic nitrogens is 2. The lowest BCUT2D eigenvalue weighted by atomic mass is 10.0. The Bertz CT molecular complexity index is 922. The molecular weight excluding hydrogens is 541 g/mol. The van der Waals surface area contributed by atoms with Crippen molar-refractivity contribution in [1.82, 2.24) is 30.2 Å². The molecule has 0 atom stereocenters. The number of guanidine groups is 1. The fraction of sp³-hybridized carbons (Fsp3) is 0.476. The number of piperidine rings is 1. The quantitative estimate of drug-likeness (QED) is 0.181. The Labute approximate surface area is 207 Å². The first-order chi connectivity index (χ1) is 15.1. The highest BCUT2D eigenvalue weighted by atomic mass is 127. The Balaban J connectivity index is 0.00000363. The van der Waals surface area contributed by atoms with Crippen LogP contribution in [0.3, 0.4) is 0 Å². The lowest BCUT2D eigenvalue weighted by molar-refractivity contribution is 0.196. The smallest absolute Gasteiger partial charge is 0.242 e. The van der Waals surface area contributed by atoms with Crippen molar-refractivity contribution in [2.75, 3.05) is 32.7 Å². The number of hydrogen-bond donors (Lipinski definition) is 3. The summed E-state index contributed by atoms with van der Waals surface area (Å²) in [5.74, 6) is 0.714. The molecule has 1 fully saturated rings. The van der Waals surface area contributed by atoms with Crippen LogP contribution in [0.1, 0.15) is 25.5 Å². The molecule has 3 heterocycles. The van der Waals surface area contributed by atoms with Crippen molar-refractivity contribution in [2.45, 2.75) is 37.2 Å². The standard InChI is InChI=1S/C21H31N7O2S.HI/c1-2-23-21(25-12-13-26-31(29,30)20-7-5-10-22-16-20)27-18-8-14-28(15-9-18)17-19-6-3-4-11-24-19;/h3-7,10-11,16,18,26H,2,8-9,12-15,17H2,1H3,(H2,23,25,27);1H. The second-order valence-corrected chi connectivity index (χ2v) is 9.13. The van der Waals surface area contributed by atoms with Gasteiger partial charge >= 0.3 is 0 Å². The monoisotopic (exact) mass is 573 g/mol. The Hall–Kier alpha value is -1.83. The lowest BCUT2D eigenvalue weighted by Crippen LogP contribution is -2.48. The summed E-state index contributed by atoms with van der Waals surface area (Å²) in [5, 5.41) is 6.72. The molecule has 0 aromatic carbocycles. The molecule has 11 heteroatoms. The van der Waals surface area contributed by atoms with Crippen molar-refractivity contribution in [1.29, 1.82) is 0 Å². The van der Waals surface area contributed by atoms with Gasteiger partial charge in [-0.3, -0.25) is 19.9 Å². The predicted molar refractivity (Wildman–Crippen MR) is 136 cm³/mol.